The maximum Gasteiger partial charge on any atom is 0.198 e. The molecule has 0 aliphatic heterocycles. The molecule has 0 N–H and O–H groups in total. The van der Waals surface area contributed by atoms with Gasteiger partial charge in [0.2, 0.25) is 0 Å². The van der Waals surface area contributed by atoms with Gasteiger partial charge in [0.05, 0.1) is 6.10 Å². The Balaban J connectivity index is 1.89. The molecule has 1 fully saturated rings. The van der Waals surface area contributed by atoms with Gasteiger partial charge < -0.3 is 14.7 Å². The zero-order chi connectivity index (χ0) is 16.2. The van der Waals surface area contributed by atoms with E-state index >= 15 is 0 Å². The van der Waals surface area contributed by atoms with Crippen LogP contribution in [-0.4, -0.2) is 12.4 Å². The maximum atomic E-state index is 11.3. The minimum Gasteiger partial charge on any atom is -0.619 e. The molecule has 1 heterocycles. The van der Waals surface area contributed by atoms with Crippen molar-refractivity contribution in [1.29, 1.82) is 0 Å². The zero-order valence-corrected chi connectivity index (χ0v) is 14.0. The molecule has 0 radical (unpaired) electrons. The molecule has 0 atom stereocenters. The Bertz CT molecular complexity index is 714. The van der Waals surface area contributed by atoms with Crippen LogP contribution in [0.4, 0.5) is 0 Å². The van der Waals surface area contributed by atoms with Gasteiger partial charge in [-0.1, -0.05) is 0 Å². The molecular formula is C17H16BrNO4. The van der Waals surface area contributed by atoms with Crippen LogP contribution in [0.3, 0.4) is 0 Å². The van der Waals surface area contributed by atoms with E-state index in [0.717, 1.165) is 19.1 Å². The quantitative estimate of drug-likeness (QED) is 0.448. The van der Waals surface area contributed by atoms with E-state index in [0.29, 0.717) is 32.0 Å². The summed E-state index contributed by atoms with van der Waals surface area (Å²) in [5.41, 5.74) is 0.504. The van der Waals surface area contributed by atoms with Crippen molar-refractivity contribution in [3.63, 3.8) is 0 Å². The predicted molar refractivity (Wildman–Crippen MR) is 87.9 cm³/mol. The van der Waals surface area contributed by atoms with Gasteiger partial charge in [0, 0.05) is 11.6 Å². The van der Waals surface area contributed by atoms with Gasteiger partial charge in [-0.05, 0) is 59.8 Å². The molecule has 5 nitrogen and oxygen atoms in total. The third-order valence-electron chi connectivity index (χ3n) is 3.77. The fraction of sp³-hybridized carbons (Fsp3) is 0.294. The Morgan fingerprint density at radius 3 is 2.65 bits per heavy atom. The standard InChI is InChI=1S/C17H16BrNO4/c18-14-10-19(21)8-7-15(14)23-17-9-12(11-20)5-6-16(17)22-13-3-1-2-4-13/h5-11,13H,1-4H2. The van der Waals surface area contributed by atoms with E-state index < -0.39 is 0 Å². The molecule has 1 aliphatic carbocycles. The van der Waals surface area contributed by atoms with Gasteiger partial charge in [-0.25, -0.2) is 0 Å². The summed E-state index contributed by atoms with van der Waals surface area (Å²) in [6.07, 6.45) is 8.04. The summed E-state index contributed by atoms with van der Waals surface area (Å²) in [7, 11) is 0. The van der Waals surface area contributed by atoms with Gasteiger partial charge in [-0.3, -0.25) is 4.79 Å². The number of aromatic nitrogens is 1. The van der Waals surface area contributed by atoms with Crippen molar-refractivity contribution in [2.75, 3.05) is 0 Å². The molecule has 0 bridgehead atoms. The largest absolute Gasteiger partial charge is 0.619 e. The van der Waals surface area contributed by atoms with Crippen LogP contribution < -0.4 is 14.2 Å². The molecule has 3 rings (SSSR count). The molecule has 0 saturated heterocycles. The highest BCUT2D eigenvalue weighted by molar-refractivity contribution is 9.10. The van der Waals surface area contributed by atoms with Crippen molar-refractivity contribution in [2.24, 2.45) is 0 Å². The highest BCUT2D eigenvalue weighted by atomic mass is 79.9. The number of benzene rings is 1. The Morgan fingerprint density at radius 2 is 1.96 bits per heavy atom. The summed E-state index contributed by atoms with van der Waals surface area (Å²) in [6.45, 7) is 0. The molecule has 1 aromatic carbocycles. The van der Waals surface area contributed by atoms with E-state index in [1.807, 2.05) is 0 Å². The van der Waals surface area contributed by atoms with E-state index in [1.54, 1.807) is 24.3 Å². The lowest BCUT2D eigenvalue weighted by Gasteiger charge is -2.17. The van der Waals surface area contributed by atoms with Crippen LogP contribution in [0.25, 0.3) is 0 Å². The maximum absolute atomic E-state index is 11.3. The lowest BCUT2D eigenvalue weighted by atomic mass is 10.2. The van der Waals surface area contributed by atoms with Gasteiger partial charge >= 0.3 is 0 Å². The number of pyridine rings is 1. The Labute approximate surface area is 142 Å². The van der Waals surface area contributed by atoms with Crippen molar-refractivity contribution in [3.8, 4) is 17.2 Å². The van der Waals surface area contributed by atoms with Gasteiger partial charge in [0.15, 0.2) is 29.6 Å². The zero-order valence-electron chi connectivity index (χ0n) is 12.4. The monoisotopic (exact) mass is 377 g/mol. The number of halogens is 1. The van der Waals surface area contributed by atoms with Gasteiger partial charge in [0.1, 0.15) is 10.8 Å². The molecule has 6 heteroatoms. The lowest BCUT2D eigenvalue weighted by molar-refractivity contribution is -0.606. The number of carbonyl (C=O) groups excluding carboxylic acids is 1. The summed E-state index contributed by atoms with van der Waals surface area (Å²) >= 11 is 3.30. The summed E-state index contributed by atoms with van der Waals surface area (Å²) in [4.78, 5) is 11.0. The van der Waals surface area contributed by atoms with Crippen LogP contribution in [0.5, 0.6) is 17.2 Å². The lowest BCUT2D eigenvalue weighted by Crippen LogP contribution is -2.24. The molecule has 1 aliphatic rings. The van der Waals surface area contributed by atoms with Crippen LogP contribution in [0.2, 0.25) is 0 Å². The van der Waals surface area contributed by atoms with E-state index in [-0.39, 0.29) is 6.10 Å². The van der Waals surface area contributed by atoms with Crippen molar-refractivity contribution >= 4 is 22.2 Å². The third-order valence-corrected chi connectivity index (χ3v) is 4.36. The van der Waals surface area contributed by atoms with E-state index in [9.17, 15) is 10.0 Å². The van der Waals surface area contributed by atoms with E-state index in [4.69, 9.17) is 9.47 Å². The highest BCUT2D eigenvalue weighted by Gasteiger charge is 2.19. The fourth-order valence-corrected chi connectivity index (χ4v) is 3.02. The Morgan fingerprint density at radius 1 is 1.17 bits per heavy atom. The highest BCUT2D eigenvalue weighted by Crippen LogP contribution is 2.37. The van der Waals surface area contributed by atoms with E-state index in [2.05, 4.69) is 15.9 Å². The smallest absolute Gasteiger partial charge is 0.198 e. The molecule has 23 heavy (non-hydrogen) atoms. The Kier molecular flexibility index (Phi) is 4.81. The summed E-state index contributed by atoms with van der Waals surface area (Å²) in [6, 6.07) is 6.66. The van der Waals surface area contributed by atoms with Gasteiger partial charge in [-0.2, -0.15) is 4.73 Å². The first-order chi connectivity index (χ1) is 11.2. The number of hydrogen-bond donors (Lipinski definition) is 0. The number of carbonyl (C=O) groups is 1. The minimum atomic E-state index is 0.183. The molecule has 0 unspecified atom stereocenters. The molecule has 1 aromatic heterocycles. The van der Waals surface area contributed by atoms with Gasteiger partial charge in [-0.15, -0.1) is 0 Å². The number of ether oxygens (including phenoxy) is 2. The molecule has 120 valence electrons. The van der Waals surface area contributed by atoms with Crippen LogP contribution in [-0.2, 0) is 0 Å². The fourth-order valence-electron chi connectivity index (χ4n) is 2.60. The number of aldehydes is 1. The van der Waals surface area contributed by atoms with Crippen molar-refractivity contribution in [1.82, 2.24) is 0 Å². The summed E-state index contributed by atoms with van der Waals surface area (Å²) in [5.74, 6) is 1.55. The number of rotatable bonds is 5. The second kappa shape index (κ2) is 7.00. The normalized spacial score (nSPS) is 14.7. The summed E-state index contributed by atoms with van der Waals surface area (Å²) < 4.78 is 13.1. The minimum absolute atomic E-state index is 0.183. The van der Waals surface area contributed by atoms with Crippen LogP contribution in [0.1, 0.15) is 36.0 Å². The van der Waals surface area contributed by atoms with Gasteiger partial charge in [0.25, 0.3) is 0 Å². The number of hydrogen-bond acceptors (Lipinski definition) is 4. The first kappa shape index (κ1) is 15.8. The van der Waals surface area contributed by atoms with Crippen molar-refractivity contribution < 1.29 is 19.0 Å². The predicted octanol–water partition coefficient (Wildman–Crippen LogP) is 4.01. The molecular weight excluding hydrogens is 362 g/mol. The van der Waals surface area contributed by atoms with Crippen LogP contribution in [0.15, 0.2) is 41.1 Å². The van der Waals surface area contributed by atoms with E-state index in [1.165, 1.54) is 25.2 Å². The van der Waals surface area contributed by atoms with Crippen molar-refractivity contribution in [2.45, 2.75) is 31.8 Å². The topological polar surface area (TPSA) is 62.5 Å². The first-order valence-corrected chi connectivity index (χ1v) is 8.27. The van der Waals surface area contributed by atoms with Crippen LogP contribution in [0, 0.1) is 5.21 Å². The van der Waals surface area contributed by atoms with Crippen LogP contribution >= 0.6 is 15.9 Å². The van der Waals surface area contributed by atoms with Crippen molar-refractivity contribution in [3.05, 3.63) is 51.9 Å². The second-order valence-corrected chi connectivity index (χ2v) is 6.32. The average Bonchev–Trinajstić information content (AvgIpc) is 3.04. The molecule has 1 saturated carbocycles. The molecule has 2 aromatic rings. The molecule has 0 amide bonds. The molecule has 0 spiro atoms. The Hall–Kier alpha value is -2.08. The number of nitrogens with zero attached hydrogens (tertiary/aromatic N) is 1. The first-order valence-electron chi connectivity index (χ1n) is 7.48. The second-order valence-electron chi connectivity index (χ2n) is 5.47. The third kappa shape index (κ3) is 3.82. The summed E-state index contributed by atoms with van der Waals surface area (Å²) in [5, 5.41) is 11.3. The average molecular weight is 378 g/mol. The SMILES string of the molecule is O=Cc1ccc(OC2CCCC2)c(Oc2cc[n+]([O-])cc2Br)c1.